The zero-order chi connectivity index (χ0) is 14.3. The molecular weight excluding hydrogens is 250 g/mol. The Morgan fingerprint density at radius 2 is 1.90 bits per heavy atom. The Kier molecular flexibility index (Phi) is 3.18. The van der Waals surface area contributed by atoms with Crippen LogP contribution in [0.1, 0.15) is 32.9 Å². The second-order valence-corrected chi connectivity index (χ2v) is 5.48. The average Bonchev–Trinajstić information content (AvgIpc) is 2.99. The molecule has 0 unspecified atom stereocenters. The summed E-state index contributed by atoms with van der Waals surface area (Å²) in [7, 11) is 0. The molecule has 0 saturated heterocycles. The summed E-state index contributed by atoms with van der Waals surface area (Å²) >= 11 is 0. The molecule has 104 valence electrons. The normalized spacial score (nSPS) is 14.6. The average molecular weight is 269 g/mol. The fraction of sp³-hybridized carbons (Fsp3) is 0.375. The van der Waals surface area contributed by atoms with Gasteiger partial charge in [-0.2, -0.15) is 5.10 Å². The largest absolute Gasteiger partial charge is 0.326 e. The molecule has 3 rings (SSSR count). The Morgan fingerprint density at radius 1 is 1.30 bits per heavy atom. The highest BCUT2D eigenvalue weighted by Gasteiger charge is 2.30. The maximum Gasteiger partial charge on any atom is 0.250 e. The summed E-state index contributed by atoms with van der Waals surface area (Å²) in [6.07, 6.45) is 1.62. The highest BCUT2D eigenvalue weighted by molar-refractivity contribution is 5.83. The van der Waals surface area contributed by atoms with Crippen LogP contribution in [0.2, 0.25) is 0 Å². The minimum atomic E-state index is -0.00368. The van der Waals surface area contributed by atoms with Gasteiger partial charge in [0.1, 0.15) is 0 Å². The van der Waals surface area contributed by atoms with Crippen molar-refractivity contribution in [1.29, 1.82) is 0 Å². The predicted octanol–water partition coefficient (Wildman–Crippen LogP) is 2.01. The van der Waals surface area contributed by atoms with E-state index in [0.717, 1.165) is 29.8 Å². The number of benzene rings is 1. The lowest BCUT2D eigenvalue weighted by Crippen LogP contribution is -2.24. The highest BCUT2D eigenvalue weighted by Crippen LogP contribution is 2.28. The molecule has 1 aromatic carbocycles. The van der Waals surface area contributed by atoms with Crippen LogP contribution in [0.4, 0.5) is 0 Å². The maximum atomic E-state index is 12.7. The van der Waals surface area contributed by atoms with Crippen LogP contribution in [-0.2, 0) is 19.4 Å². The summed E-state index contributed by atoms with van der Waals surface area (Å²) in [4.78, 5) is 12.7. The number of rotatable bonds is 2. The van der Waals surface area contributed by atoms with E-state index in [1.54, 1.807) is 4.68 Å². The van der Waals surface area contributed by atoms with Crippen molar-refractivity contribution in [2.75, 3.05) is 0 Å². The third-order valence-electron chi connectivity index (χ3n) is 4.25. The van der Waals surface area contributed by atoms with Gasteiger partial charge in [0.05, 0.1) is 5.69 Å². The van der Waals surface area contributed by atoms with Gasteiger partial charge in [0.15, 0.2) is 0 Å². The third-order valence-corrected chi connectivity index (χ3v) is 4.25. The van der Waals surface area contributed by atoms with E-state index in [4.69, 9.17) is 5.73 Å². The predicted molar refractivity (Wildman–Crippen MR) is 77.6 cm³/mol. The second-order valence-electron chi connectivity index (χ2n) is 5.48. The number of hydrogen-bond donors (Lipinski definition) is 1. The van der Waals surface area contributed by atoms with Crippen molar-refractivity contribution in [3.63, 3.8) is 0 Å². The lowest BCUT2D eigenvalue weighted by molar-refractivity contribution is 0.0819. The molecule has 0 radical (unpaired) electrons. The molecule has 20 heavy (non-hydrogen) atoms. The van der Waals surface area contributed by atoms with E-state index in [2.05, 4.69) is 17.2 Å². The molecule has 4 nitrogen and oxygen atoms in total. The molecule has 2 N–H and O–H groups in total. The number of nitrogens with zero attached hydrogens (tertiary/aromatic N) is 2. The van der Waals surface area contributed by atoms with Gasteiger partial charge in [-0.15, -0.1) is 0 Å². The zero-order valence-electron chi connectivity index (χ0n) is 11.9. The molecular formula is C16H19N3O. The molecule has 2 aromatic rings. The van der Waals surface area contributed by atoms with E-state index in [9.17, 15) is 4.79 Å². The van der Waals surface area contributed by atoms with E-state index in [-0.39, 0.29) is 11.8 Å². The molecule has 0 fully saturated rings. The number of hydrogen-bond acceptors (Lipinski definition) is 3. The van der Waals surface area contributed by atoms with E-state index >= 15 is 0 Å². The Hall–Kier alpha value is -1.94. The van der Waals surface area contributed by atoms with Gasteiger partial charge in [-0.05, 0) is 37.8 Å². The molecule has 0 atom stereocenters. The van der Waals surface area contributed by atoms with Crippen LogP contribution in [0, 0.1) is 19.8 Å². The monoisotopic (exact) mass is 269 g/mol. The zero-order valence-corrected chi connectivity index (χ0v) is 11.9. The first-order valence-corrected chi connectivity index (χ1v) is 6.98. The number of carbonyl (C=O) groups is 1. The lowest BCUT2D eigenvalue weighted by atomic mass is 10.1. The van der Waals surface area contributed by atoms with Crippen LogP contribution >= 0.6 is 0 Å². The summed E-state index contributed by atoms with van der Waals surface area (Å²) < 4.78 is 1.55. The van der Waals surface area contributed by atoms with Crippen LogP contribution in [0.5, 0.6) is 0 Å². The van der Waals surface area contributed by atoms with Gasteiger partial charge in [-0.1, -0.05) is 24.3 Å². The van der Waals surface area contributed by atoms with E-state index in [0.29, 0.717) is 6.54 Å². The minimum Gasteiger partial charge on any atom is -0.326 e. The summed E-state index contributed by atoms with van der Waals surface area (Å²) in [6, 6.07) is 8.27. The molecule has 1 aromatic heterocycles. The molecule has 0 amide bonds. The summed E-state index contributed by atoms with van der Waals surface area (Å²) in [5.74, 6) is 0.0810. The fourth-order valence-electron chi connectivity index (χ4n) is 3.09. The van der Waals surface area contributed by atoms with E-state index < -0.39 is 0 Å². The quantitative estimate of drug-likeness (QED) is 0.907. The van der Waals surface area contributed by atoms with E-state index in [1.165, 1.54) is 11.1 Å². The van der Waals surface area contributed by atoms with Gasteiger partial charge in [0.25, 0.3) is 5.91 Å². The van der Waals surface area contributed by atoms with Crippen molar-refractivity contribution in [3.05, 3.63) is 52.3 Å². The Labute approximate surface area is 118 Å². The Morgan fingerprint density at radius 3 is 2.40 bits per heavy atom. The van der Waals surface area contributed by atoms with E-state index in [1.807, 2.05) is 26.0 Å². The number of fused-ring (bicyclic) bond motifs is 1. The smallest absolute Gasteiger partial charge is 0.250 e. The molecule has 4 heteroatoms. The second kappa shape index (κ2) is 4.87. The Bertz CT molecular complexity index is 647. The maximum absolute atomic E-state index is 12.7. The van der Waals surface area contributed by atoms with Crippen molar-refractivity contribution in [3.8, 4) is 0 Å². The SMILES string of the molecule is Cc1nn(C(=O)C2Cc3ccccc3C2)c(C)c1CN. The summed E-state index contributed by atoms with van der Waals surface area (Å²) in [5, 5.41) is 4.38. The lowest BCUT2D eigenvalue weighted by Gasteiger charge is -2.09. The topological polar surface area (TPSA) is 60.9 Å². The summed E-state index contributed by atoms with van der Waals surface area (Å²) in [6.45, 7) is 4.25. The van der Waals surface area contributed by atoms with Crippen molar-refractivity contribution < 1.29 is 4.79 Å². The molecule has 0 aliphatic heterocycles. The number of nitrogens with two attached hydrogens (primary N) is 1. The van der Waals surface area contributed by atoms with Crippen LogP contribution in [0.25, 0.3) is 0 Å². The van der Waals surface area contributed by atoms with Gasteiger partial charge in [-0.25, -0.2) is 4.68 Å². The molecule has 1 heterocycles. The van der Waals surface area contributed by atoms with Gasteiger partial charge in [0, 0.05) is 23.7 Å². The number of aryl methyl sites for hydroxylation is 1. The van der Waals surface area contributed by atoms with Crippen molar-refractivity contribution in [2.24, 2.45) is 11.7 Å². The first-order valence-electron chi connectivity index (χ1n) is 6.98. The standard InChI is InChI=1S/C16H19N3O/c1-10-15(9-17)11(2)19(18-10)16(20)14-7-12-5-3-4-6-13(12)8-14/h3-6,14H,7-9,17H2,1-2H3. The number of aromatic nitrogens is 2. The fourth-order valence-corrected chi connectivity index (χ4v) is 3.09. The highest BCUT2D eigenvalue weighted by atomic mass is 16.2. The first kappa shape index (κ1) is 13.1. The van der Waals surface area contributed by atoms with Crippen molar-refractivity contribution in [2.45, 2.75) is 33.2 Å². The molecule has 1 aliphatic rings. The first-order chi connectivity index (χ1) is 9.61. The molecule has 0 saturated carbocycles. The third kappa shape index (κ3) is 1.96. The molecule has 1 aliphatic carbocycles. The van der Waals surface area contributed by atoms with Crippen molar-refractivity contribution >= 4 is 5.91 Å². The molecule has 0 spiro atoms. The van der Waals surface area contributed by atoms with Gasteiger partial charge in [-0.3, -0.25) is 4.79 Å². The van der Waals surface area contributed by atoms with Crippen LogP contribution in [0.3, 0.4) is 0 Å². The van der Waals surface area contributed by atoms with Gasteiger partial charge in [0.2, 0.25) is 0 Å². The van der Waals surface area contributed by atoms with Crippen LogP contribution in [-0.4, -0.2) is 15.7 Å². The molecule has 0 bridgehead atoms. The van der Waals surface area contributed by atoms with Crippen LogP contribution in [0.15, 0.2) is 24.3 Å². The van der Waals surface area contributed by atoms with Gasteiger partial charge >= 0.3 is 0 Å². The van der Waals surface area contributed by atoms with Crippen molar-refractivity contribution in [1.82, 2.24) is 9.78 Å². The van der Waals surface area contributed by atoms with Gasteiger partial charge < -0.3 is 5.73 Å². The Balaban J connectivity index is 1.89. The number of carbonyl (C=O) groups excluding carboxylic acids is 1. The van der Waals surface area contributed by atoms with Crippen LogP contribution < -0.4 is 5.73 Å². The minimum absolute atomic E-state index is 0.00368. The summed E-state index contributed by atoms with van der Waals surface area (Å²) in [5.41, 5.74) is 11.0.